The average Bonchev–Trinajstić information content (AvgIpc) is 2.19. The SMILES string of the molecule is CC(COC(=O)O)Cc1ccc(O)cc1. The molecule has 1 unspecified atom stereocenters. The Hall–Kier alpha value is -1.71. The zero-order valence-electron chi connectivity index (χ0n) is 8.51. The van der Waals surface area contributed by atoms with Crippen LogP contribution in [0, 0.1) is 5.92 Å². The van der Waals surface area contributed by atoms with Gasteiger partial charge in [-0.15, -0.1) is 0 Å². The first-order valence-electron chi connectivity index (χ1n) is 4.71. The molecule has 0 bridgehead atoms. The Balaban J connectivity index is 2.40. The van der Waals surface area contributed by atoms with Gasteiger partial charge in [-0.1, -0.05) is 19.1 Å². The largest absolute Gasteiger partial charge is 0.508 e. The van der Waals surface area contributed by atoms with Crippen molar-refractivity contribution in [3.63, 3.8) is 0 Å². The molecule has 1 aromatic rings. The predicted octanol–water partition coefficient (Wildman–Crippen LogP) is 2.27. The Morgan fingerprint density at radius 2 is 2.00 bits per heavy atom. The van der Waals surface area contributed by atoms with E-state index in [0.717, 1.165) is 12.0 Å². The molecule has 0 fully saturated rings. The Labute approximate surface area is 88.1 Å². The van der Waals surface area contributed by atoms with Crippen LogP contribution < -0.4 is 0 Å². The zero-order chi connectivity index (χ0) is 11.3. The van der Waals surface area contributed by atoms with Crippen LogP contribution in [0.4, 0.5) is 4.79 Å². The Bertz CT molecular complexity index is 318. The van der Waals surface area contributed by atoms with Crippen LogP contribution in [0.25, 0.3) is 0 Å². The number of carbonyl (C=O) groups is 1. The van der Waals surface area contributed by atoms with Gasteiger partial charge >= 0.3 is 6.16 Å². The maximum Gasteiger partial charge on any atom is 0.505 e. The maximum absolute atomic E-state index is 10.1. The molecule has 0 heterocycles. The zero-order valence-corrected chi connectivity index (χ0v) is 8.51. The van der Waals surface area contributed by atoms with Crippen molar-refractivity contribution < 1.29 is 19.7 Å². The fourth-order valence-corrected chi connectivity index (χ4v) is 1.31. The van der Waals surface area contributed by atoms with Gasteiger partial charge in [0.2, 0.25) is 0 Å². The van der Waals surface area contributed by atoms with E-state index in [9.17, 15) is 4.79 Å². The van der Waals surface area contributed by atoms with Gasteiger partial charge in [-0.2, -0.15) is 0 Å². The molecule has 4 nitrogen and oxygen atoms in total. The van der Waals surface area contributed by atoms with Crippen molar-refractivity contribution in [1.29, 1.82) is 0 Å². The van der Waals surface area contributed by atoms with E-state index in [1.165, 1.54) is 0 Å². The molecule has 0 aromatic heterocycles. The minimum absolute atomic E-state index is 0.130. The molecule has 0 aliphatic rings. The monoisotopic (exact) mass is 210 g/mol. The van der Waals surface area contributed by atoms with Crippen LogP contribution in [0.2, 0.25) is 0 Å². The van der Waals surface area contributed by atoms with Crippen LogP contribution >= 0.6 is 0 Å². The van der Waals surface area contributed by atoms with Crippen molar-refractivity contribution in [1.82, 2.24) is 0 Å². The minimum atomic E-state index is -1.24. The standard InChI is InChI=1S/C11H14O4/c1-8(7-15-11(13)14)6-9-2-4-10(12)5-3-9/h2-5,8,12H,6-7H2,1H3,(H,13,14). The summed E-state index contributed by atoms with van der Waals surface area (Å²) >= 11 is 0. The number of ether oxygens (including phenoxy) is 1. The van der Waals surface area contributed by atoms with Crippen LogP contribution in [0.15, 0.2) is 24.3 Å². The average molecular weight is 210 g/mol. The molecule has 0 spiro atoms. The van der Waals surface area contributed by atoms with E-state index in [1.807, 2.05) is 19.1 Å². The summed E-state index contributed by atoms with van der Waals surface area (Å²) in [6, 6.07) is 6.85. The summed E-state index contributed by atoms with van der Waals surface area (Å²) in [5.41, 5.74) is 1.05. The lowest BCUT2D eigenvalue weighted by molar-refractivity contribution is 0.0792. The first-order chi connectivity index (χ1) is 7.08. The van der Waals surface area contributed by atoms with E-state index < -0.39 is 6.16 Å². The van der Waals surface area contributed by atoms with Gasteiger partial charge in [-0.3, -0.25) is 0 Å². The third-order valence-electron chi connectivity index (χ3n) is 2.01. The highest BCUT2D eigenvalue weighted by atomic mass is 16.7. The third kappa shape index (κ3) is 4.35. The van der Waals surface area contributed by atoms with E-state index >= 15 is 0 Å². The van der Waals surface area contributed by atoms with Gasteiger partial charge < -0.3 is 14.9 Å². The summed E-state index contributed by atoms with van der Waals surface area (Å²) in [5.74, 6) is 0.360. The number of carboxylic acid groups (broad SMARTS) is 1. The van der Waals surface area contributed by atoms with Gasteiger partial charge in [0.05, 0.1) is 6.61 Å². The van der Waals surface area contributed by atoms with Crippen LogP contribution in [0.1, 0.15) is 12.5 Å². The summed E-state index contributed by atoms with van der Waals surface area (Å²) in [4.78, 5) is 10.1. The van der Waals surface area contributed by atoms with Gasteiger partial charge in [0, 0.05) is 0 Å². The molecule has 82 valence electrons. The summed E-state index contributed by atoms with van der Waals surface area (Å²) in [5, 5.41) is 17.4. The molecule has 4 heteroatoms. The summed E-state index contributed by atoms with van der Waals surface area (Å²) < 4.78 is 4.47. The number of rotatable bonds is 4. The fraction of sp³-hybridized carbons (Fsp3) is 0.364. The number of hydrogen-bond donors (Lipinski definition) is 2. The van der Waals surface area contributed by atoms with Crippen molar-refractivity contribution in [3.8, 4) is 5.75 Å². The van der Waals surface area contributed by atoms with Gasteiger partial charge in [-0.05, 0) is 30.0 Å². The van der Waals surface area contributed by atoms with Gasteiger partial charge in [-0.25, -0.2) is 4.79 Å². The first-order valence-corrected chi connectivity index (χ1v) is 4.71. The van der Waals surface area contributed by atoms with Crippen molar-refractivity contribution in [3.05, 3.63) is 29.8 Å². The predicted molar refractivity (Wildman–Crippen MR) is 55.0 cm³/mol. The molecule has 0 aliphatic carbocycles. The first kappa shape index (κ1) is 11.4. The van der Waals surface area contributed by atoms with E-state index in [-0.39, 0.29) is 18.3 Å². The van der Waals surface area contributed by atoms with Crippen LogP contribution in [-0.2, 0) is 11.2 Å². The van der Waals surface area contributed by atoms with Crippen LogP contribution in [0.5, 0.6) is 5.75 Å². The van der Waals surface area contributed by atoms with Crippen molar-refractivity contribution in [2.24, 2.45) is 5.92 Å². The highest BCUT2D eigenvalue weighted by Crippen LogP contribution is 2.13. The minimum Gasteiger partial charge on any atom is -0.508 e. The molecule has 1 aromatic carbocycles. The number of hydrogen-bond acceptors (Lipinski definition) is 3. The molecular weight excluding hydrogens is 196 g/mol. The topological polar surface area (TPSA) is 66.8 Å². The number of phenolic OH excluding ortho intramolecular Hbond substituents is 1. The van der Waals surface area contributed by atoms with E-state index in [0.29, 0.717) is 0 Å². The second kappa shape index (κ2) is 5.24. The van der Waals surface area contributed by atoms with Gasteiger partial charge in [0.15, 0.2) is 0 Å². The smallest absolute Gasteiger partial charge is 0.505 e. The molecular formula is C11H14O4. The number of aromatic hydroxyl groups is 1. The van der Waals surface area contributed by atoms with Crippen molar-refractivity contribution in [2.45, 2.75) is 13.3 Å². The molecule has 0 amide bonds. The molecule has 2 N–H and O–H groups in total. The third-order valence-corrected chi connectivity index (χ3v) is 2.01. The quantitative estimate of drug-likeness (QED) is 0.748. The normalized spacial score (nSPS) is 12.1. The van der Waals surface area contributed by atoms with Crippen molar-refractivity contribution in [2.75, 3.05) is 6.61 Å². The molecule has 0 saturated carbocycles. The lowest BCUT2D eigenvalue weighted by Crippen LogP contribution is -2.12. The molecule has 1 rings (SSSR count). The van der Waals surface area contributed by atoms with E-state index in [1.54, 1.807) is 12.1 Å². The summed E-state index contributed by atoms with van der Waals surface area (Å²) in [7, 11) is 0. The van der Waals surface area contributed by atoms with Gasteiger partial charge in [0.25, 0.3) is 0 Å². The van der Waals surface area contributed by atoms with Gasteiger partial charge in [0.1, 0.15) is 5.75 Å². The lowest BCUT2D eigenvalue weighted by atomic mass is 10.0. The van der Waals surface area contributed by atoms with E-state index in [4.69, 9.17) is 10.2 Å². The Morgan fingerprint density at radius 1 is 1.40 bits per heavy atom. The summed E-state index contributed by atoms with van der Waals surface area (Å²) in [6.45, 7) is 2.10. The second-order valence-electron chi connectivity index (χ2n) is 3.55. The maximum atomic E-state index is 10.1. The highest BCUT2D eigenvalue weighted by Gasteiger charge is 2.06. The van der Waals surface area contributed by atoms with Crippen molar-refractivity contribution >= 4 is 6.16 Å². The number of benzene rings is 1. The molecule has 0 radical (unpaired) electrons. The molecule has 1 atom stereocenters. The summed E-state index contributed by atoms with van der Waals surface area (Å²) in [6.07, 6.45) is -0.513. The molecule has 0 aliphatic heterocycles. The lowest BCUT2D eigenvalue weighted by Gasteiger charge is -2.10. The molecule has 0 saturated heterocycles. The van der Waals surface area contributed by atoms with Crippen LogP contribution in [0.3, 0.4) is 0 Å². The fourth-order valence-electron chi connectivity index (χ4n) is 1.31. The van der Waals surface area contributed by atoms with Crippen LogP contribution in [-0.4, -0.2) is 23.0 Å². The Kier molecular flexibility index (Phi) is 3.97. The highest BCUT2D eigenvalue weighted by molar-refractivity contribution is 5.56. The number of phenols is 1. The molecule has 15 heavy (non-hydrogen) atoms. The Morgan fingerprint density at radius 3 is 2.53 bits per heavy atom. The second-order valence-corrected chi connectivity index (χ2v) is 3.55. The van der Waals surface area contributed by atoms with E-state index in [2.05, 4.69) is 4.74 Å².